The number of piperidine rings is 1. The summed E-state index contributed by atoms with van der Waals surface area (Å²) in [5.41, 5.74) is 4.14. The highest BCUT2D eigenvalue weighted by atomic mass is 32.3. The van der Waals surface area contributed by atoms with Crippen molar-refractivity contribution in [2.24, 2.45) is 5.92 Å². The Balaban J connectivity index is 1.21. The molecule has 6 rings (SSSR count). The van der Waals surface area contributed by atoms with Crippen molar-refractivity contribution >= 4 is 28.5 Å². The zero-order valence-corrected chi connectivity index (χ0v) is 21.7. The van der Waals surface area contributed by atoms with Gasteiger partial charge in [0.1, 0.15) is 5.69 Å². The minimum absolute atomic E-state index is 0.0843. The fourth-order valence-corrected chi connectivity index (χ4v) is 7.05. The number of amides is 2. The highest BCUT2D eigenvalue weighted by Gasteiger charge is 2.59. The largest absolute Gasteiger partial charge is 0.336 e. The van der Waals surface area contributed by atoms with Gasteiger partial charge in [0.25, 0.3) is 5.92 Å². The van der Waals surface area contributed by atoms with Crippen LogP contribution in [-0.4, -0.2) is 69.7 Å². The van der Waals surface area contributed by atoms with Gasteiger partial charge >= 0.3 is 6.03 Å². The molecule has 200 valence electrons. The van der Waals surface area contributed by atoms with E-state index >= 15 is 0 Å². The molecule has 0 bridgehead atoms. The van der Waals surface area contributed by atoms with Gasteiger partial charge in [-0.05, 0) is 60.1 Å². The number of nitrogens with zero attached hydrogens (tertiary/aromatic N) is 4. The summed E-state index contributed by atoms with van der Waals surface area (Å²) in [7, 11) is -1.91. The number of likely N-dealkylation sites (tertiary alicyclic amines) is 1. The molecule has 1 unspecified atom stereocenters. The zero-order chi connectivity index (χ0) is 26.2. The second kappa shape index (κ2) is 8.42. The molecule has 2 saturated heterocycles. The Morgan fingerprint density at radius 3 is 2.57 bits per heavy atom. The molecule has 4 aliphatic rings. The number of aryl methyl sites for hydroxylation is 1. The first-order chi connectivity index (χ1) is 17.5. The van der Waals surface area contributed by atoms with Crippen LogP contribution in [0.25, 0.3) is 11.3 Å². The number of halogens is 2. The van der Waals surface area contributed by atoms with Gasteiger partial charge in [0.2, 0.25) is 0 Å². The summed E-state index contributed by atoms with van der Waals surface area (Å²) in [5.74, 6) is -3.26. The molecular weight excluding hydrogens is 502 g/mol. The van der Waals surface area contributed by atoms with Crippen molar-refractivity contribution in [1.29, 1.82) is 0 Å². The van der Waals surface area contributed by atoms with Crippen LogP contribution in [0, 0.1) is 12.8 Å². The minimum atomic E-state index is -3.45. The predicted octanol–water partition coefficient (Wildman–Crippen LogP) is 4.20. The summed E-state index contributed by atoms with van der Waals surface area (Å²) in [6, 6.07) is 9.76. The smallest absolute Gasteiger partial charge is 0.315 e. The third-order valence-corrected chi connectivity index (χ3v) is 10.0. The fourth-order valence-electron chi connectivity index (χ4n) is 5.60. The van der Waals surface area contributed by atoms with Crippen molar-refractivity contribution in [1.82, 2.24) is 20.5 Å². The number of fused-ring (bicyclic) bond motifs is 1. The molecule has 1 aromatic carbocycles. The molecule has 12 heteroatoms. The molecular formula is C25H32F2N6O3S. The van der Waals surface area contributed by atoms with Crippen LogP contribution in [0.5, 0.6) is 0 Å². The van der Waals surface area contributed by atoms with E-state index in [0.29, 0.717) is 23.7 Å². The topological polar surface area (TPSA) is 104 Å². The summed E-state index contributed by atoms with van der Waals surface area (Å²) in [5, 5.41) is 5.95. The van der Waals surface area contributed by atoms with Gasteiger partial charge in [0, 0.05) is 57.7 Å². The molecule has 2 amide bonds. The van der Waals surface area contributed by atoms with Crippen molar-refractivity contribution in [3.63, 3.8) is 0 Å². The molecule has 4 heterocycles. The van der Waals surface area contributed by atoms with Gasteiger partial charge in [-0.3, -0.25) is 14.0 Å². The highest BCUT2D eigenvalue weighted by molar-refractivity contribution is 8.26. The first kappa shape index (κ1) is 24.7. The number of aromatic nitrogens is 1. The molecule has 37 heavy (non-hydrogen) atoms. The fraction of sp³-hybridized carbons (Fsp3) is 0.520. The maximum absolute atomic E-state index is 13.6. The van der Waals surface area contributed by atoms with Gasteiger partial charge in [0.05, 0.1) is 11.2 Å². The summed E-state index contributed by atoms with van der Waals surface area (Å²) < 4.78 is 51.3. The van der Waals surface area contributed by atoms with Crippen LogP contribution in [0.1, 0.15) is 30.4 Å². The normalized spacial score (nSPS) is 26.1. The summed E-state index contributed by atoms with van der Waals surface area (Å²) >= 11 is 0. The molecule has 1 spiro atoms. The maximum atomic E-state index is 13.6. The average molecular weight is 535 g/mol. The number of hydrogen-bond donors (Lipinski definition) is 4. The second-order valence-electron chi connectivity index (χ2n) is 10.8. The Hall–Kier alpha value is -2.67. The molecule has 4 N–H and O–H groups in total. The van der Waals surface area contributed by atoms with E-state index < -0.39 is 22.8 Å². The van der Waals surface area contributed by atoms with Crippen molar-refractivity contribution in [2.45, 2.75) is 44.2 Å². The SMILES string of the molecule is Cc1ccc(CN2CCC3(CC2)CNC(=O)N3)cc1-c1ccc2c(n1)N(C)S(O)(O)N2CC1CC1(F)F. The lowest BCUT2D eigenvalue weighted by atomic mass is 9.88. The number of rotatable bonds is 5. The Morgan fingerprint density at radius 2 is 1.92 bits per heavy atom. The monoisotopic (exact) mass is 534 g/mol. The van der Waals surface area contributed by atoms with Crippen LogP contribution >= 0.6 is 11.0 Å². The van der Waals surface area contributed by atoms with Gasteiger partial charge in [-0.1, -0.05) is 12.1 Å². The second-order valence-corrected chi connectivity index (χ2v) is 12.7. The number of hydrogen-bond acceptors (Lipinski definition) is 7. The van der Waals surface area contributed by atoms with Crippen LogP contribution in [-0.2, 0) is 6.54 Å². The van der Waals surface area contributed by atoms with E-state index in [2.05, 4.69) is 33.7 Å². The van der Waals surface area contributed by atoms with Gasteiger partial charge in [-0.15, -0.1) is 0 Å². The molecule has 0 radical (unpaired) electrons. The van der Waals surface area contributed by atoms with Crippen LogP contribution in [0.3, 0.4) is 0 Å². The standard InChI is InChI=1S/C25H32F2N6O3S/c1-16-3-4-17(13-32-9-7-24(8-10-32)15-28-23(34)30-24)11-19(16)20-5-6-21-22(29-20)31(2)37(35,36)33(21)14-18-12-25(18,26)27/h3-6,11,18,35-36H,7-10,12-15H2,1-2H3,(H2,28,30,34). The number of nitrogens with one attached hydrogen (secondary N) is 2. The van der Waals surface area contributed by atoms with Crippen molar-refractivity contribution in [2.75, 3.05) is 41.8 Å². The number of carbonyl (C=O) groups is 1. The first-order valence-corrected chi connectivity index (χ1v) is 14.0. The van der Waals surface area contributed by atoms with Gasteiger partial charge in [-0.2, -0.15) is 0 Å². The molecule has 1 atom stereocenters. The molecule has 2 aromatic rings. The number of anilines is 2. The summed E-state index contributed by atoms with van der Waals surface area (Å²) in [6.07, 6.45) is 1.57. The van der Waals surface area contributed by atoms with E-state index in [1.807, 2.05) is 13.0 Å². The van der Waals surface area contributed by atoms with Crippen molar-refractivity contribution < 1.29 is 22.7 Å². The van der Waals surface area contributed by atoms with Crippen molar-refractivity contribution in [3.8, 4) is 11.3 Å². The van der Waals surface area contributed by atoms with Crippen LogP contribution in [0.15, 0.2) is 30.3 Å². The summed E-state index contributed by atoms with van der Waals surface area (Å²) in [4.78, 5) is 18.7. The number of alkyl halides is 2. The molecule has 3 fully saturated rings. The van der Waals surface area contributed by atoms with Crippen LogP contribution in [0.4, 0.5) is 25.1 Å². The van der Waals surface area contributed by atoms with E-state index in [0.717, 1.165) is 49.2 Å². The molecule has 3 aliphatic heterocycles. The van der Waals surface area contributed by atoms with E-state index in [1.54, 1.807) is 6.07 Å². The Kier molecular flexibility index (Phi) is 5.61. The van der Waals surface area contributed by atoms with E-state index in [9.17, 15) is 22.7 Å². The Bertz CT molecular complexity index is 1250. The van der Waals surface area contributed by atoms with Crippen LogP contribution in [0.2, 0.25) is 0 Å². The number of benzene rings is 1. The van der Waals surface area contributed by atoms with Crippen molar-refractivity contribution in [3.05, 3.63) is 41.5 Å². The van der Waals surface area contributed by atoms with Gasteiger partial charge < -0.3 is 10.6 Å². The third kappa shape index (κ3) is 4.29. The number of carbonyl (C=O) groups excluding carboxylic acids is 1. The van der Waals surface area contributed by atoms with Crippen LogP contribution < -0.4 is 19.2 Å². The third-order valence-electron chi connectivity index (χ3n) is 8.19. The lowest BCUT2D eigenvalue weighted by molar-refractivity contribution is 0.101. The molecule has 9 nitrogen and oxygen atoms in total. The number of pyridine rings is 1. The Morgan fingerprint density at radius 1 is 1.19 bits per heavy atom. The average Bonchev–Trinajstić information content (AvgIpc) is 3.22. The van der Waals surface area contributed by atoms with Gasteiger partial charge in [0.15, 0.2) is 5.82 Å². The van der Waals surface area contributed by atoms with E-state index in [-0.39, 0.29) is 24.5 Å². The first-order valence-electron chi connectivity index (χ1n) is 12.5. The minimum Gasteiger partial charge on any atom is -0.336 e. The van der Waals surface area contributed by atoms with E-state index in [4.69, 9.17) is 4.98 Å². The lowest BCUT2D eigenvalue weighted by Gasteiger charge is -2.41. The molecule has 1 aromatic heterocycles. The quantitative estimate of drug-likeness (QED) is 0.456. The molecule has 1 saturated carbocycles. The number of urea groups is 1. The zero-order valence-electron chi connectivity index (χ0n) is 20.9. The molecule has 1 aliphatic carbocycles. The lowest BCUT2D eigenvalue weighted by Crippen LogP contribution is -2.52. The maximum Gasteiger partial charge on any atom is 0.315 e. The predicted molar refractivity (Wildman–Crippen MR) is 140 cm³/mol. The van der Waals surface area contributed by atoms with Gasteiger partial charge in [-0.25, -0.2) is 27.2 Å². The highest BCUT2D eigenvalue weighted by Crippen LogP contribution is 2.62. The van der Waals surface area contributed by atoms with E-state index in [1.165, 1.54) is 15.7 Å². The summed E-state index contributed by atoms with van der Waals surface area (Å²) in [6.45, 7) is 5.12. The Labute approximate surface area is 216 Å².